The van der Waals surface area contributed by atoms with Gasteiger partial charge in [-0.05, 0) is 64.3 Å². The number of nitrogens with one attached hydrogen (secondary N) is 1. The van der Waals surface area contributed by atoms with E-state index in [1.807, 2.05) is 13.0 Å². The number of rotatable bonds is 4. The fourth-order valence-corrected chi connectivity index (χ4v) is 4.14. The summed E-state index contributed by atoms with van der Waals surface area (Å²) in [5.41, 5.74) is 1.86. The van der Waals surface area contributed by atoms with Gasteiger partial charge in [-0.2, -0.15) is 0 Å². The fraction of sp³-hybridized carbons (Fsp3) is 0.667. The van der Waals surface area contributed by atoms with Crippen molar-refractivity contribution in [1.29, 1.82) is 0 Å². The lowest BCUT2D eigenvalue weighted by Crippen LogP contribution is -2.56. The van der Waals surface area contributed by atoms with E-state index in [2.05, 4.69) is 28.2 Å². The molecule has 1 saturated carbocycles. The summed E-state index contributed by atoms with van der Waals surface area (Å²) in [4.78, 5) is 20.0. The van der Waals surface area contributed by atoms with Crippen molar-refractivity contribution in [3.63, 3.8) is 0 Å². The van der Waals surface area contributed by atoms with E-state index in [0.717, 1.165) is 37.2 Å². The van der Waals surface area contributed by atoms with Crippen LogP contribution in [-0.2, 0) is 4.79 Å². The number of carbonyl (C=O) groups excluding carboxylic acids is 1. The van der Waals surface area contributed by atoms with Crippen LogP contribution < -0.4 is 5.32 Å². The normalized spacial score (nSPS) is 22.6. The summed E-state index contributed by atoms with van der Waals surface area (Å²) in [6, 6.07) is 3.96. The van der Waals surface area contributed by atoms with Gasteiger partial charge in [-0.1, -0.05) is 18.9 Å². The maximum absolute atomic E-state index is 13.1. The van der Waals surface area contributed by atoms with Crippen molar-refractivity contribution >= 4 is 5.91 Å². The van der Waals surface area contributed by atoms with Gasteiger partial charge in [-0.15, -0.1) is 0 Å². The average Bonchev–Trinajstić information content (AvgIpc) is 3.19. The lowest BCUT2D eigenvalue weighted by molar-refractivity contribution is -0.133. The summed E-state index contributed by atoms with van der Waals surface area (Å²) in [6.07, 6.45) is 8.60. The van der Waals surface area contributed by atoms with E-state index in [9.17, 15) is 4.79 Å². The summed E-state index contributed by atoms with van der Waals surface area (Å²) in [6.45, 7) is 6.24. The minimum absolute atomic E-state index is 0.0335. The van der Waals surface area contributed by atoms with Crippen molar-refractivity contribution in [2.45, 2.75) is 64.0 Å². The number of carbonyl (C=O) groups is 1. The quantitative estimate of drug-likeness (QED) is 0.930. The van der Waals surface area contributed by atoms with Crippen molar-refractivity contribution < 1.29 is 4.79 Å². The Balaban J connectivity index is 1.75. The van der Waals surface area contributed by atoms with Crippen LogP contribution in [0.15, 0.2) is 18.3 Å². The van der Waals surface area contributed by atoms with Crippen LogP contribution >= 0.6 is 0 Å². The van der Waals surface area contributed by atoms with Crippen LogP contribution in [-0.4, -0.2) is 34.4 Å². The molecule has 120 valence electrons. The first-order valence-corrected chi connectivity index (χ1v) is 8.61. The van der Waals surface area contributed by atoms with Crippen LogP contribution in [0.3, 0.4) is 0 Å². The van der Waals surface area contributed by atoms with Crippen LogP contribution in [0.2, 0.25) is 0 Å². The fourth-order valence-electron chi connectivity index (χ4n) is 4.14. The summed E-state index contributed by atoms with van der Waals surface area (Å²) in [5, 5.41) is 3.25. The minimum atomic E-state index is -0.257. The smallest absolute Gasteiger partial charge is 0.241 e. The molecule has 2 aliphatic rings. The Bertz CT molecular complexity index is 531. The molecule has 1 aliphatic carbocycles. The van der Waals surface area contributed by atoms with Crippen LogP contribution in [0, 0.1) is 6.92 Å². The van der Waals surface area contributed by atoms with Crippen LogP contribution in [0.5, 0.6) is 0 Å². The van der Waals surface area contributed by atoms with Gasteiger partial charge in [0.2, 0.25) is 5.91 Å². The number of aryl methyl sites for hydroxylation is 1. The average molecular weight is 301 g/mol. The van der Waals surface area contributed by atoms with Crippen LogP contribution in [0.4, 0.5) is 0 Å². The van der Waals surface area contributed by atoms with Crippen LogP contribution in [0.25, 0.3) is 0 Å². The highest BCUT2D eigenvalue weighted by Crippen LogP contribution is 2.38. The predicted octanol–water partition coefficient (Wildman–Crippen LogP) is 2.98. The SMILES string of the molecule is Cc1cccnc1[C@H](C)NC(=O)C1(N2CCCC2)CCCC1. The standard InChI is InChI=1S/C18H27N3O/c1-14-8-7-11-19-16(14)15(2)20-17(22)18(9-3-4-10-18)21-12-5-6-13-21/h7-8,11,15H,3-6,9-10,12-13H2,1-2H3,(H,20,22)/t15-/m0/s1. The number of hydrogen-bond donors (Lipinski definition) is 1. The molecule has 0 spiro atoms. The lowest BCUT2D eigenvalue weighted by atomic mass is 9.93. The maximum atomic E-state index is 13.1. The third kappa shape index (κ3) is 2.76. The second-order valence-corrected chi connectivity index (χ2v) is 6.83. The van der Waals surface area contributed by atoms with Crippen LogP contribution in [0.1, 0.15) is 62.7 Å². The Morgan fingerprint density at radius 2 is 1.95 bits per heavy atom. The van der Waals surface area contributed by atoms with Gasteiger partial charge < -0.3 is 5.32 Å². The molecule has 0 bridgehead atoms. The molecular weight excluding hydrogens is 274 g/mol. The van der Waals surface area contributed by atoms with Gasteiger partial charge in [-0.3, -0.25) is 14.7 Å². The Kier molecular flexibility index (Phi) is 4.48. The number of nitrogens with zero attached hydrogens (tertiary/aromatic N) is 2. The van der Waals surface area contributed by atoms with Gasteiger partial charge >= 0.3 is 0 Å². The summed E-state index contributed by atoms with van der Waals surface area (Å²) in [7, 11) is 0. The molecule has 0 aromatic carbocycles. The Hall–Kier alpha value is -1.42. The largest absolute Gasteiger partial charge is 0.346 e. The first kappa shape index (κ1) is 15.5. The highest BCUT2D eigenvalue weighted by atomic mass is 16.2. The van der Waals surface area contributed by atoms with Crippen molar-refractivity contribution in [1.82, 2.24) is 15.2 Å². The number of amides is 1. The molecule has 1 aromatic rings. The molecule has 1 atom stereocenters. The van der Waals surface area contributed by atoms with E-state index in [0.29, 0.717) is 0 Å². The second-order valence-electron chi connectivity index (χ2n) is 6.83. The van der Waals surface area contributed by atoms with Crippen molar-refractivity contribution in [2.24, 2.45) is 0 Å². The monoisotopic (exact) mass is 301 g/mol. The molecule has 1 aromatic heterocycles. The summed E-state index contributed by atoms with van der Waals surface area (Å²) >= 11 is 0. The predicted molar refractivity (Wildman–Crippen MR) is 87.5 cm³/mol. The molecule has 1 saturated heterocycles. The molecule has 2 fully saturated rings. The number of aromatic nitrogens is 1. The zero-order valence-corrected chi connectivity index (χ0v) is 13.8. The molecule has 4 heteroatoms. The van der Waals surface area contributed by atoms with E-state index in [-0.39, 0.29) is 17.5 Å². The molecule has 0 unspecified atom stereocenters. The van der Waals surface area contributed by atoms with Gasteiger partial charge in [-0.25, -0.2) is 0 Å². The van der Waals surface area contributed by atoms with Gasteiger partial charge in [0, 0.05) is 6.20 Å². The van der Waals surface area contributed by atoms with Gasteiger partial charge in [0.15, 0.2) is 0 Å². The number of likely N-dealkylation sites (tertiary alicyclic amines) is 1. The molecule has 0 radical (unpaired) electrons. The van der Waals surface area contributed by atoms with E-state index in [4.69, 9.17) is 0 Å². The van der Waals surface area contributed by atoms with E-state index >= 15 is 0 Å². The molecule has 22 heavy (non-hydrogen) atoms. The molecular formula is C18H27N3O. The number of hydrogen-bond acceptors (Lipinski definition) is 3. The first-order chi connectivity index (χ1) is 10.6. The number of pyridine rings is 1. The van der Waals surface area contributed by atoms with E-state index < -0.39 is 0 Å². The third-order valence-corrected chi connectivity index (χ3v) is 5.37. The topological polar surface area (TPSA) is 45.2 Å². The highest BCUT2D eigenvalue weighted by Gasteiger charge is 2.47. The Labute approximate surface area is 133 Å². The minimum Gasteiger partial charge on any atom is -0.346 e. The Morgan fingerprint density at radius 1 is 1.27 bits per heavy atom. The third-order valence-electron chi connectivity index (χ3n) is 5.37. The Morgan fingerprint density at radius 3 is 2.59 bits per heavy atom. The van der Waals surface area contributed by atoms with Gasteiger partial charge in [0.25, 0.3) is 0 Å². The zero-order chi connectivity index (χ0) is 15.6. The summed E-state index contributed by atoms with van der Waals surface area (Å²) < 4.78 is 0. The lowest BCUT2D eigenvalue weighted by Gasteiger charge is -2.38. The molecule has 4 nitrogen and oxygen atoms in total. The van der Waals surface area contributed by atoms with Crippen molar-refractivity contribution in [2.75, 3.05) is 13.1 Å². The molecule has 3 rings (SSSR count). The van der Waals surface area contributed by atoms with Crippen molar-refractivity contribution in [3.8, 4) is 0 Å². The van der Waals surface area contributed by atoms with Crippen molar-refractivity contribution in [3.05, 3.63) is 29.6 Å². The zero-order valence-electron chi connectivity index (χ0n) is 13.8. The molecule has 1 N–H and O–H groups in total. The summed E-state index contributed by atoms with van der Waals surface area (Å²) in [5.74, 6) is 0.212. The highest BCUT2D eigenvalue weighted by molar-refractivity contribution is 5.87. The van der Waals surface area contributed by atoms with Gasteiger partial charge in [0.05, 0.1) is 11.7 Å². The first-order valence-electron chi connectivity index (χ1n) is 8.61. The maximum Gasteiger partial charge on any atom is 0.241 e. The molecule has 2 heterocycles. The van der Waals surface area contributed by atoms with Gasteiger partial charge in [0.1, 0.15) is 5.54 Å². The van der Waals surface area contributed by atoms with E-state index in [1.54, 1.807) is 6.20 Å². The second kappa shape index (κ2) is 6.37. The molecule has 1 amide bonds. The van der Waals surface area contributed by atoms with E-state index in [1.165, 1.54) is 25.7 Å². The molecule has 1 aliphatic heterocycles.